The van der Waals surface area contributed by atoms with Crippen molar-refractivity contribution in [3.05, 3.63) is 53.1 Å². The molecule has 1 aliphatic carbocycles. The Morgan fingerprint density at radius 2 is 1.56 bits per heavy atom. The first-order valence-corrected chi connectivity index (χ1v) is 9.66. The van der Waals surface area contributed by atoms with Crippen LogP contribution in [0, 0.1) is 6.08 Å². The monoisotopic (exact) mass is 255 g/mol. The molecule has 0 heterocycles. The second-order valence-electron chi connectivity index (χ2n) is 6.12. The molecule has 0 aliphatic heterocycles. The standard InChI is InChI=1S/C17H23Si/c1-13-12-17(4,15(3)14(13)2)18(5,6)16-10-8-7-9-11-16/h7-11H,1-6H3. The van der Waals surface area contributed by atoms with Gasteiger partial charge in [-0.3, -0.25) is 0 Å². The van der Waals surface area contributed by atoms with Gasteiger partial charge in [-0.1, -0.05) is 61.1 Å². The molecule has 0 spiro atoms. The number of hydrogen-bond donors (Lipinski definition) is 0. The molecule has 1 aromatic rings. The van der Waals surface area contributed by atoms with Crippen molar-refractivity contribution in [3.63, 3.8) is 0 Å². The zero-order valence-electron chi connectivity index (χ0n) is 12.4. The molecule has 1 heteroatoms. The molecule has 2 rings (SSSR count). The van der Waals surface area contributed by atoms with Gasteiger partial charge in [0.1, 0.15) is 0 Å². The Kier molecular flexibility index (Phi) is 3.14. The summed E-state index contributed by atoms with van der Waals surface area (Å²) in [4.78, 5) is 0. The van der Waals surface area contributed by atoms with E-state index in [4.69, 9.17) is 0 Å². The third kappa shape index (κ3) is 1.73. The molecule has 1 unspecified atom stereocenters. The lowest BCUT2D eigenvalue weighted by Crippen LogP contribution is -2.51. The summed E-state index contributed by atoms with van der Waals surface area (Å²) in [5.41, 5.74) is 4.29. The Bertz CT molecular complexity index is 520. The molecule has 0 saturated carbocycles. The van der Waals surface area contributed by atoms with Gasteiger partial charge in [0.05, 0.1) is 8.07 Å². The number of allylic oxidation sites excluding steroid dienone is 4. The predicted molar refractivity (Wildman–Crippen MR) is 82.7 cm³/mol. The molecule has 1 aromatic carbocycles. The van der Waals surface area contributed by atoms with Gasteiger partial charge in [-0.15, -0.1) is 0 Å². The van der Waals surface area contributed by atoms with Crippen molar-refractivity contribution >= 4 is 13.3 Å². The van der Waals surface area contributed by atoms with E-state index in [-0.39, 0.29) is 5.04 Å². The smallest absolute Gasteiger partial charge is 0.0645 e. The Balaban J connectivity index is 2.56. The van der Waals surface area contributed by atoms with Crippen LogP contribution < -0.4 is 5.19 Å². The van der Waals surface area contributed by atoms with Crippen LogP contribution in [0.5, 0.6) is 0 Å². The van der Waals surface area contributed by atoms with Crippen molar-refractivity contribution in [2.45, 2.75) is 45.8 Å². The van der Waals surface area contributed by atoms with E-state index in [0.29, 0.717) is 0 Å². The van der Waals surface area contributed by atoms with Gasteiger partial charge in [-0.25, -0.2) is 0 Å². The fraction of sp³-hybridized carbons (Fsp3) is 0.412. The minimum Gasteiger partial charge on any atom is -0.0645 e. The minimum absolute atomic E-state index is 0.127. The fourth-order valence-corrected chi connectivity index (χ4v) is 6.22. The summed E-state index contributed by atoms with van der Waals surface area (Å²) in [7, 11) is -1.61. The van der Waals surface area contributed by atoms with Gasteiger partial charge >= 0.3 is 0 Å². The average molecular weight is 255 g/mol. The normalized spacial score (nSPS) is 24.4. The van der Waals surface area contributed by atoms with Crippen LogP contribution in [0.3, 0.4) is 0 Å². The van der Waals surface area contributed by atoms with Crippen molar-refractivity contribution in [3.8, 4) is 0 Å². The molecular formula is C17H23Si. The van der Waals surface area contributed by atoms with Gasteiger partial charge < -0.3 is 0 Å². The van der Waals surface area contributed by atoms with E-state index in [1.165, 1.54) is 21.9 Å². The van der Waals surface area contributed by atoms with Crippen molar-refractivity contribution in [1.82, 2.24) is 0 Å². The first-order chi connectivity index (χ1) is 8.30. The van der Waals surface area contributed by atoms with Crippen LogP contribution >= 0.6 is 0 Å². The Morgan fingerprint density at radius 3 is 2.00 bits per heavy atom. The quantitative estimate of drug-likeness (QED) is 0.684. The molecule has 0 amide bonds. The molecule has 95 valence electrons. The largest absolute Gasteiger partial charge is 0.0954 e. The second kappa shape index (κ2) is 4.24. The van der Waals surface area contributed by atoms with Crippen LogP contribution in [0.1, 0.15) is 27.7 Å². The van der Waals surface area contributed by atoms with Crippen molar-refractivity contribution in [1.29, 1.82) is 0 Å². The highest BCUT2D eigenvalue weighted by atomic mass is 28.3. The summed E-state index contributed by atoms with van der Waals surface area (Å²) in [6, 6.07) is 11.0. The number of hydrogen-bond acceptors (Lipinski definition) is 0. The lowest BCUT2D eigenvalue weighted by molar-refractivity contribution is 0.837. The van der Waals surface area contributed by atoms with Crippen molar-refractivity contribution < 1.29 is 0 Å². The first-order valence-electron chi connectivity index (χ1n) is 6.66. The summed E-state index contributed by atoms with van der Waals surface area (Å²) in [5, 5.41) is 1.64. The van der Waals surface area contributed by atoms with E-state index in [9.17, 15) is 0 Å². The summed E-state index contributed by atoms with van der Waals surface area (Å²) in [6.07, 6.45) is 3.77. The molecule has 1 radical (unpaired) electrons. The number of rotatable bonds is 2. The first kappa shape index (κ1) is 13.4. The molecule has 1 aliphatic rings. The van der Waals surface area contributed by atoms with Crippen LogP contribution in [-0.4, -0.2) is 8.07 Å². The van der Waals surface area contributed by atoms with Crippen LogP contribution in [0.2, 0.25) is 18.1 Å². The minimum atomic E-state index is -1.61. The summed E-state index contributed by atoms with van der Waals surface area (Å²) < 4.78 is 0. The Morgan fingerprint density at radius 1 is 1.00 bits per heavy atom. The Hall–Kier alpha value is -1.08. The van der Waals surface area contributed by atoms with Gasteiger partial charge in [0, 0.05) is 5.04 Å². The zero-order chi connectivity index (χ0) is 13.6. The van der Waals surface area contributed by atoms with Gasteiger partial charge in [0.25, 0.3) is 0 Å². The van der Waals surface area contributed by atoms with Gasteiger partial charge in [0.2, 0.25) is 0 Å². The van der Waals surface area contributed by atoms with Gasteiger partial charge in [-0.2, -0.15) is 0 Å². The molecule has 0 nitrogen and oxygen atoms in total. The van der Waals surface area contributed by atoms with E-state index in [1.807, 2.05) is 0 Å². The average Bonchev–Trinajstić information content (AvgIpc) is 2.56. The molecule has 0 fully saturated rings. The molecule has 18 heavy (non-hydrogen) atoms. The number of benzene rings is 1. The maximum Gasteiger partial charge on any atom is 0.0954 e. The highest BCUT2D eigenvalue weighted by Crippen LogP contribution is 2.52. The maximum atomic E-state index is 3.77. The fourth-order valence-electron chi connectivity index (χ4n) is 2.99. The molecule has 0 bridgehead atoms. The third-order valence-corrected chi connectivity index (χ3v) is 9.83. The molecule has 0 N–H and O–H groups in total. The zero-order valence-corrected chi connectivity index (χ0v) is 13.4. The summed E-state index contributed by atoms with van der Waals surface area (Å²) in [5.74, 6) is 0. The SMILES string of the molecule is CC1=[C]C(C)([Si](C)(C)c2ccccc2)C(C)=C1C. The van der Waals surface area contributed by atoms with Gasteiger partial charge in [-0.05, 0) is 38.0 Å². The maximum absolute atomic E-state index is 3.77. The molecular weight excluding hydrogens is 232 g/mol. The second-order valence-corrected chi connectivity index (χ2v) is 10.9. The summed E-state index contributed by atoms with van der Waals surface area (Å²) in [6.45, 7) is 14.0. The molecule has 0 aromatic heterocycles. The van der Waals surface area contributed by atoms with Crippen LogP contribution in [0.4, 0.5) is 0 Å². The van der Waals surface area contributed by atoms with Crippen LogP contribution in [-0.2, 0) is 0 Å². The third-order valence-electron chi connectivity index (χ3n) is 5.06. The van der Waals surface area contributed by atoms with E-state index < -0.39 is 8.07 Å². The molecule has 1 atom stereocenters. The predicted octanol–water partition coefficient (Wildman–Crippen LogP) is 4.46. The van der Waals surface area contributed by atoms with Crippen LogP contribution in [0.15, 0.2) is 47.1 Å². The summed E-state index contributed by atoms with van der Waals surface area (Å²) >= 11 is 0. The van der Waals surface area contributed by atoms with E-state index in [1.54, 1.807) is 0 Å². The topological polar surface area (TPSA) is 0 Å². The van der Waals surface area contributed by atoms with Crippen LogP contribution in [0.25, 0.3) is 0 Å². The molecule has 0 saturated heterocycles. The van der Waals surface area contributed by atoms with Gasteiger partial charge in [0.15, 0.2) is 0 Å². The highest BCUT2D eigenvalue weighted by Gasteiger charge is 2.47. The highest BCUT2D eigenvalue weighted by molar-refractivity contribution is 6.93. The van der Waals surface area contributed by atoms with Crippen molar-refractivity contribution in [2.75, 3.05) is 0 Å². The lowest BCUT2D eigenvalue weighted by Gasteiger charge is -2.40. The lowest BCUT2D eigenvalue weighted by atomic mass is 10.0. The van der Waals surface area contributed by atoms with Crippen molar-refractivity contribution in [2.24, 2.45) is 0 Å². The Labute approximate surface area is 112 Å². The van der Waals surface area contributed by atoms with E-state index >= 15 is 0 Å². The van der Waals surface area contributed by atoms with E-state index in [0.717, 1.165) is 0 Å². The van der Waals surface area contributed by atoms with E-state index in [2.05, 4.69) is 77.2 Å².